The molecule has 7 heteroatoms. The zero-order chi connectivity index (χ0) is 25.7. The molecule has 0 saturated heterocycles. The molecule has 6 nitrogen and oxygen atoms in total. The lowest BCUT2D eigenvalue weighted by atomic mass is 10.1. The molecule has 36 heavy (non-hydrogen) atoms. The number of halogens is 1. The van der Waals surface area contributed by atoms with Gasteiger partial charge in [-0.3, -0.25) is 14.2 Å². The van der Waals surface area contributed by atoms with E-state index in [9.17, 15) is 9.59 Å². The maximum atomic E-state index is 13.8. The second kappa shape index (κ2) is 11.4. The number of fused-ring (bicyclic) bond motifs is 1. The Kier molecular flexibility index (Phi) is 8.06. The van der Waals surface area contributed by atoms with Gasteiger partial charge in [-0.05, 0) is 55.8 Å². The summed E-state index contributed by atoms with van der Waals surface area (Å²) in [5.41, 5.74) is 1.41. The van der Waals surface area contributed by atoms with Crippen LogP contribution in [-0.2, 0) is 0 Å². The van der Waals surface area contributed by atoms with Crippen molar-refractivity contribution in [2.24, 2.45) is 0 Å². The average molecular weight is 504 g/mol. The minimum absolute atomic E-state index is 0.148. The third-order valence-electron chi connectivity index (χ3n) is 6.32. The monoisotopic (exact) mass is 503 g/mol. The Bertz CT molecular complexity index is 1430. The van der Waals surface area contributed by atoms with Crippen LogP contribution in [-0.4, -0.2) is 34.0 Å². The Hall–Kier alpha value is -3.64. The summed E-state index contributed by atoms with van der Waals surface area (Å²) in [7, 11) is 1.58. The number of unbranched alkanes of at least 4 members (excludes halogenated alkanes) is 2. The van der Waals surface area contributed by atoms with Gasteiger partial charge in [-0.2, -0.15) is 0 Å². The van der Waals surface area contributed by atoms with Crippen molar-refractivity contribution in [3.63, 3.8) is 0 Å². The van der Waals surface area contributed by atoms with E-state index in [4.69, 9.17) is 21.3 Å². The molecule has 0 bridgehead atoms. The van der Waals surface area contributed by atoms with Gasteiger partial charge in [-0.25, -0.2) is 4.98 Å². The summed E-state index contributed by atoms with van der Waals surface area (Å²) in [6, 6.07) is 21.0. The first-order valence-electron chi connectivity index (χ1n) is 12.2. The van der Waals surface area contributed by atoms with Crippen LogP contribution in [0.25, 0.3) is 16.6 Å². The van der Waals surface area contributed by atoms with Gasteiger partial charge in [-0.15, -0.1) is 0 Å². The minimum atomic E-state index is -0.505. The summed E-state index contributed by atoms with van der Waals surface area (Å²) < 4.78 is 6.88. The van der Waals surface area contributed by atoms with Gasteiger partial charge in [0.25, 0.3) is 11.5 Å². The summed E-state index contributed by atoms with van der Waals surface area (Å²) in [6.45, 7) is 4.56. The van der Waals surface area contributed by atoms with Gasteiger partial charge in [-0.1, -0.05) is 61.7 Å². The number of carbonyl (C=O) groups is 1. The molecule has 1 unspecified atom stereocenters. The number of amides is 1. The van der Waals surface area contributed by atoms with Crippen LogP contribution in [0.4, 0.5) is 0 Å². The molecule has 0 fully saturated rings. The largest absolute Gasteiger partial charge is 0.497 e. The molecular weight excluding hydrogens is 474 g/mol. The third-order valence-corrected chi connectivity index (χ3v) is 6.64. The average Bonchev–Trinajstić information content (AvgIpc) is 2.91. The molecule has 0 saturated carbocycles. The molecule has 1 atom stereocenters. The van der Waals surface area contributed by atoms with Gasteiger partial charge in [0, 0.05) is 12.1 Å². The molecule has 3 aromatic carbocycles. The van der Waals surface area contributed by atoms with Crippen LogP contribution in [0, 0.1) is 0 Å². The molecule has 0 aliphatic rings. The van der Waals surface area contributed by atoms with Gasteiger partial charge in [0.15, 0.2) is 0 Å². The van der Waals surface area contributed by atoms with Gasteiger partial charge in [0.1, 0.15) is 11.6 Å². The van der Waals surface area contributed by atoms with E-state index in [1.165, 1.54) is 0 Å². The van der Waals surface area contributed by atoms with Crippen LogP contribution in [0.2, 0.25) is 5.02 Å². The zero-order valence-corrected chi connectivity index (χ0v) is 21.5. The van der Waals surface area contributed by atoms with Crippen molar-refractivity contribution in [3.8, 4) is 11.4 Å². The fourth-order valence-electron chi connectivity index (χ4n) is 4.36. The maximum Gasteiger partial charge on any atom is 0.266 e. The van der Waals surface area contributed by atoms with E-state index in [2.05, 4.69) is 6.92 Å². The Balaban J connectivity index is 1.89. The highest BCUT2D eigenvalue weighted by Crippen LogP contribution is 2.28. The number of ether oxygens (including phenoxy) is 1. The Morgan fingerprint density at radius 1 is 1.06 bits per heavy atom. The highest BCUT2D eigenvalue weighted by atomic mass is 35.5. The van der Waals surface area contributed by atoms with E-state index in [0.717, 1.165) is 19.3 Å². The van der Waals surface area contributed by atoms with Gasteiger partial charge >= 0.3 is 0 Å². The Morgan fingerprint density at radius 3 is 2.56 bits per heavy atom. The third kappa shape index (κ3) is 5.14. The van der Waals surface area contributed by atoms with Crippen LogP contribution in [0.5, 0.6) is 5.75 Å². The predicted octanol–water partition coefficient (Wildman–Crippen LogP) is 6.44. The standard InChI is InChI=1S/C29H30ClN3O3/c1-4-5-10-18-32(28(34)21-12-11-13-22(19-21)36-3)20(2)27-31-25-16-8-6-14-23(25)29(35)33(27)26-17-9-7-15-24(26)30/h6-9,11-17,19-20H,4-5,10,18H2,1-3H3. The first kappa shape index (κ1) is 25.5. The van der Waals surface area contributed by atoms with E-state index in [1.807, 2.05) is 43.3 Å². The molecule has 0 N–H and O–H groups in total. The molecule has 4 rings (SSSR count). The highest BCUT2D eigenvalue weighted by Gasteiger charge is 2.28. The number of methoxy groups -OCH3 is 1. The lowest BCUT2D eigenvalue weighted by Crippen LogP contribution is -2.38. The van der Waals surface area contributed by atoms with Crippen LogP contribution < -0.4 is 10.3 Å². The summed E-state index contributed by atoms with van der Waals surface area (Å²) in [5.74, 6) is 0.920. The van der Waals surface area contributed by atoms with Crippen LogP contribution in [0.1, 0.15) is 55.3 Å². The number of hydrogen-bond donors (Lipinski definition) is 0. The number of carbonyl (C=O) groups excluding carboxylic acids is 1. The first-order valence-corrected chi connectivity index (χ1v) is 12.6. The van der Waals surface area contributed by atoms with Crippen molar-refractivity contribution < 1.29 is 9.53 Å². The summed E-state index contributed by atoms with van der Waals surface area (Å²) in [6.07, 6.45) is 2.84. The number of benzene rings is 3. The maximum absolute atomic E-state index is 13.8. The topological polar surface area (TPSA) is 64.4 Å². The first-order chi connectivity index (χ1) is 17.5. The van der Waals surface area contributed by atoms with Gasteiger partial charge < -0.3 is 9.64 Å². The van der Waals surface area contributed by atoms with Crippen LogP contribution >= 0.6 is 11.6 Å². The van der Waals surface area contributed by atoms with E-state index in [0.29, 0.717) is 45.3 Å². The van der Waals surface area contributed by atoms with E-state index in [1.54, 1.807) is 53.0 Å². The van der Waals surface area contributed by atoms with Crippen molar-refractivity contribution in [1.29, 1.82) is 0 Å². The number of rotatable bonds is 9. The quantitative estimate of drug-likeness (QED) is 0.246. The fraction of sp³-hybridized carbons (Fsp3) is 0.276. The van der Waals surface area contributed by atoms with Crippen LogP contribution in [0.15, 0.2) is 77.6 Å². The lowest BCUT2D eigenvalue weighted by molar-refractivity contribution is 0.0677. The minimum Gasteiger partial charge on any atom is -0.497 e. The van der Waals surface area contributed by atoms with Crippen molar-refractivity contribution in [2.45, 2.75) is 39.2 Å². The summed E-state index contributed by atoms with van der Waals surface area (Å²) >= 11 is 6.55. The smallest absolute Gasteiger partial charge is 0.266 e. The second-order valence-electron chi connectivity index (χ2n) is 8.69. The zero-order valence-electron chi connectivity index (χ0n) is 20.8. The van der Waals surface area contributed by atoms with Crippen LogP contribution in [0.3, 0.4) is 0 Å². The molecule has 0 spiro atoms. The van der Waals surface area contributed by atoms with E-state index in [-0.39, 0.29) is 11.5 Å². The number of nitrogens with zero attached hydrogens (tertiary/aromatic N) is 3. The number of para-hydroxylation sites is 2. The van der Waals surface area contributed by atoms with Gasteiger partial charge in [0.2, 0.25) is 0 Å². The number of hydrogen-bond acceptors (Lipinski definition) is 4. The highest BCUT2D eigenvalue weighted by molar-refractivity contribution is 6.32. The molecule has 0 aliphatic heterocycles. The lowest BCUT2D eigenvalue weighted by Gasteiger charge is -2.31. The Morgan fingerprint density at radius 2 is 1.81 bits per heavy atom. The molecule has 4 aromatic rings. The molecule has 1 aromatic heterocycles. The molecule has 186 valence electrons. The van der Waals surface area contributed by atoms with Gasteiger partial charge in [0.05, 0.1) is 34.8 Å². The van der Waals surface area contributed by atoms with Crippen molar-refractivity contribution in [3.05, 3.63) is 99.6 Å². The fourth-order valence-corrected chi connectivity index (χ4v) is 4.58. The van der Waals surface area contributed by atoms with Crippen molar-refractivity contribution in [1.82, 2.24) is 14.5 Å². The number of aromatic nitrogens is 2. The molecule has 1 heterocycles. The molecule has 1 amide bonds. The molecule has 0 radical (unpaired) electrons. The predicted molar refractivity (Wildman–Crippen MR) is 144 cm³/mol. The van der Waals surface area contributed by atoms with Crippen molar-refractivity contribution >= 4 is 28.4 Å². The Labute approximate surface area is 216 Å². The summed E-state index contributed by atoms with van der Waals surface area (Å²) in [4.78, 5) is 34.3. The second-order valence-corrected chi connectivity index (χ2v) is 9.10. The molecule has 0 aliphatic carbocycles. The van der Waals surface area contributed by atoms with E-state index < -0.39 is 6.04 Å². The van der Waals surface area contributed by atoms with Crippen molar-refractivity contribution in [2.75, 3.05) is 13.7 Å². The van der Waals surface area contributed by atoms with E-state index >= 15 is 0 Å². The SMILES string of the molecule is CCCCCN(C(=O)c1cccc(OC)c1)C(C)c1nc2ccccc2c(=O)n1-c1ccccc1Cl. The summed E-state index contributed by atoms with van der Waals surface area (Å²) in [5, 5.41) is 0.923. The normalized spacial score (nSPS) is 11.9. The molecular formula is C29H30ClN3O3.